The van der Waals surface area contributed by atoms with Crippen molar-refractivity contribution in [2.24, 2.45) is 4.99 Å². The summed E-state index contributed by atoms with van der Waals surface area (Å²) in [5.41, 5.74) is 0. The Kier molecular flexibility index (Phi) is 10.6. The fourth-order valence-corrected chi connectivity index (χ4v) is 2.58. The van der Waals surface area contributed by atoms with Crippen molar-refractivity contribution in [1.29, 1.82) is 0 Å². The summed E-state index contributed by atoms with van der Waals surface area (Å²) in [5, 5.41) is 3.44. The predicted molar refractivity (Wildman–Crippen MR) is 108 cm³/mol. The van der Waals surface area contributed by atoms with E-state index in [1.54, 1.807) is 12.4 Å². The molecule has 2 heterocycles. The number of halogens is 1. The van der Waals surface area contributed by atoms with E-state index < -0.39 is 0 Å². The van der Waals surface area contributed by atoms with E-state index in [0.29, 0.717) is 0 Å². The Balaban J connectivity index is 0.00000288. The van der Waals surface area contributed by atoms with Crippen LogP contribution >= 0.6 is 24.0 Å². The molecule has 1 aromatic heterocycles. The molecular formula is C16H29IN6O. The highest BCUT2D eigenvalue weighted by Crippen LogP contribution is 2.09. The van der Waals surface area contributed by atoms with Gasteiger partial charge in [-0.15, -0.1) is 24.0 Å². The van der Waals surface area contributed by atoms with Crippen LogP contribution in [0.25, 0.3) is 0 Å². The average molecular weight is 448 g/mol. The molecule has 0 spiro atoms. The van der Waals surface area contributed by atoms with E-state index in [4.69, 9.17) is 4.74 Å². The molecule has 0 atom stereocenters. The van der Waals surface area contributed by atoms with Crippen LogP contribution in [0.3, 0.4) is 0 Å². The minimum Gasteiger partial charge on any atom is -0.382 e. The standard InChI is InChI=1S/C16H28N6O.HI/c1-3-23-14-5-4-7-18-15(17-2)21-10-12-22(13-11-21)16-19-8-6-9-20-16;/h6,8-9H,3-5,7,10-14H2,1-2H3,(H,17,18);1H. The largest absolute Gasteiger partial charge is 0.382 e. The van der Waals surface area contributed by atoms with Crippen LogP contribution in [0, 0.1) is 0 Å². The Morgan fingerprint density at radius 2 is 1.92 bits per heavy atom. The number of aliphatic imine (C=N–C) groups is 1. The zero-order valence-corrected chi connectivity index (χ0v) is 17.0. The van der Waals surface area contributed by atoms with Crippen LogP contribution in [0.15, 0.2) is 23.5 Å². The number of piperazine rings is 1. The SMILES string of the molecule is CCOCCCCNC(=NC)N1CCN(c2ncccn2)CC1.I. The third-order valence-electron chi connectivity index (χ3n) is 3.83. The summed E-state index contributed by atoms with van der Waals surface area (Å²) in [4.78, 5) is 17.5. The van der Waals surface area contributed by atoms with E-state index in [9.17, 15) is 0 Å². The van der Waals surface area contributed by atoms with Gasteiger partial charge in [0.1, 0.15) is 0 Å². The molecule has 1 aromatic rings. The first-order valence-corrected chi connectivity index (χ1v) is 8.40. The number of unbranched alkanes of at least 4 members (excludes halogenated alkanes) is 1. The Morgan fingerprint density at radius 3 is 2.54 bits per heavy atom. The molecule has 0 amide bonds. The lowest BCUT2D eigenvalue weighted by atomic mass is 10.3. The Hall–Kier alpha value is -1.16. The van der Waals surface area contributed by atoms with Gasteiger partial charge in [0.25, 0.3) is 0 Å². The third kappa shape index (κ3) is 6.76. The van der Waals surface area contributed by atoms with Gasteiger partial charge in [-0.1, -0.05) is 0 Å². The second-order valence-corrected chi connectivity index (χ2v) is 5.40. The first-order chi connectivity index (χ1) is 11.3. The predicted octanol–water partition coefficient (Wildman–Crippen LogP) is 1.61. The Labute approximate surface area is 161 Å². The normalized spacial score (nSPS) is 15.2. The molecular weight excluding hydrogens is 419 g/mol. The number of anilines is 1. The third-order valence-corrected chi connectivity index (χ3v) is 3.83. The van der Waals surface area contributed by atoms with Gasteiger partial charge >= 0.3 is 0 Å². The lowest BCUT2D eigenvalue weighted by Gasteiger charge is -2.36. The first kappa shape index (κ1) is 20.9. The van der Waals surface area contributed by atoms with E-state index in [-0.39, 0.29) is 24.0 Å². The molecule has 0 aliphatic carbocycles. The highest BCUT2D eigenvalue weighted by atomic mass is 127. The molecule has 0 aromatic carbocycles. The van der Waals surface area contributed by atoms with Crippen molar-refractivity contribution in [3.05, 3.63) is 18.5 Å². The van der Waals surface area contributed by atoms with Crippen molar-refractivity contribution in [3.63, 3.8) is 0 Å². The van der Waals surface area contributed by atoms with Crippen molar-refractivity contribution in [2.45, 2.75) is 19.8 Å². The van der Waals surface area contributed by atoms with E-state index in [1.165, 1.54) is 0 Å². The van der Waals surface area contributed by atoms with E-state index in [1.807, 2.05) is 20.0 Å². The van der Waals surface area contributed by atoms with Crippen molar-refractivity contribution in [3.8, 4) is 0 Å². The number of nitrogens with zero attached hydrogens (tertiary/aromatic N) is 5. The monoisotopic (exact) mass is 448 g/mol. The minimum atomic E-state index is 0. The average Bonchev–Trinajstić information content (AvgIpc) is 2.62. The molecule has 1 aliphatic heterocycles. The fraction of sp³-hybridized carbons (Fsp3) is 0.688. The fourth-order valence-electron chi connectivity index (χ4n) is 2.58. The highest BCUT2D eigenvalue weighted by Gasteiger charge is 2.20. The molecule has 1 fully saturated rings. The van der Waals surface area contributed by atoms with Crippen LogP contribution in [0.5, 0.6) is 0 Å². The van der Waals surface area contributed by atoms with Crippen molar-refractivity contribution < 1.29 is 4.74 Å². The van der Waals surface area contributed by atoms with E-state index in [2.05, 4.69) is 30.1 Å². The number of nitrogens with one attached hydrogen (secondary N) is 1. The lowest BCUT2D eigenvalue weighted by Crippen LogP contribution is -2.53. The number of hydrogen-bond donors (Lipinski definition) is 1. The van der Waals surface area contributed by atoms with E-state index in [0.717, 1.165) is 70.7 Å². The second kappa shape index (κ2) is 12.2. The van der Waals surface area contributed by atoms with Gasteiger partial charge in [-0.2, -0.15) is 0 Å². The number of rotatable bonds is 7. The molecule has 136 valence electrons. The summed E-state index contributed by atoms with van der Waals surface area (Å²) in [7, 11) is 1.84. The van der Waals surface area contributed by atoms with Crippen LogP contribution in [0.2, 0.25) is 0 Å². The number of aromatic nitrogens is 2. The summed E-state index contributed by atoms with van der Waals surface area (Å²) in [5.74, 6) is 1.79. The molecule has 24 heavy (non-hydrogen) atoms. The topological polar surface area (TPSA) is 65.9 Å². The number of guanidine groups is 1. The van der Waals surface area contributed by atoms with E-state index >= 15 is 0 Å². The Bertz CT molecular complexity index is 465. The van der Waals surface area contributed by atoms with Gasteiger partial charge in [0.05, 0.1) is 0 Å². The van der Waals surface area contributed by atoms with Crippen LogP contribution in [-0.2, 0) is 4.74 Å². The molecule has 0 unspecified atom stereocenters. The van der Waals surface area contributed by atoms with Crippen LogP contribution < -0.4 is 10.2 Å². The molecule has 1 saturated heterocycles. The molecule has 1 aliphatic rings. The van der Waals surface area contributed by atoms with Crippen LogP contribution in [-0.4, -0.2) is 73.8 Å². The van der Waals surface area contributed by atoms with Crippen molar-refractivity contribution >= 4 is 35.9 Å². The summed E-state index contributed by atoms with van der Waals surface area (Å²) < 4.78 is 5.35. The summed E-state index contributed by atoms with van der Waals surface area (Å²) in [6.07, 6.45) is 5.75. The van der Waals surface area contributed by atoms with Crippen LogP contribution in [0.1, 0.15) is 19.8 Å². The summed E-state index contributed by atoms with van der Waals surface area (Å²) in [6, 6.07) is 1.84. The summed E-state index contributed by atoms with van der Waals surface area (Å²) >= 11 is 0. The number of hydrogen-bond acceptors (Lipinski definition) is 5. The zero-order chi connectivity index (χ0) is 16.3. The van der Waals surface area contributed by atoms with Gasteiger partial charge in [-0.25, -0.2) is 9.97 Å². The molecule has 0 bridgehead atoms. The lowest BCUT2D eigenvalue weighted by molar-refractivity contribution is 0.143. The number of ether oxygens (including phenoxy) is 1. The second-order valence-electron chi connectivity index (χ2n) is 5.40. The maximum atomic E-state index is 5.35. The molecule has 0 saturated carbocycles. The zero-order valence-electron chi connectivity index (χ0n) is 14.6. The van der Waals surface area contributed by atoms with Gasteiger partial charge in [0.15, 0.2) is 5.96 Å². The van der Waals surface area contributed by atoms with Crippen LogP contribution in [0.4, 0.5) is 5.95 Å². The van der Waals surface area contributed by atoms with Gasteiger partial charge < -0.3 is 19.9 Å². The van der Waals surface area contributed by atoms with Crippen molar-refractivity contribution in [2.75, 3.05) is 57.9 Å². The minimum absolute atomic E-state index is 0. The van der Waals surface area contributed by atoms with Crippen molar-refractivity contribution in [1.82, 2.24) is 20.2 Å². The molecule has 0 radical (unpaired) electrons. The molecule has 8 heteroatoms. The van der Waals surface area contributed by atoms with Gasteiger partial charge in [-0.3, -0.25) is 4.99 Å². The smallest absolute Gasteiger partial charge is 0.225 e. The Morgan fingerprint density at radius 1 is 1.21 bits per heavy atom. The molecule has 7 nitrogen and oxygen atoms in total. The maximum absolute atomic E-state index is 5.35. The quantitative estimate of drug-likeness (QED) is 0.296. The van der Waals surface area contributed by atoms with Gasteiger partial charge in [0.2, 0.25) is 5.95 Å². The van der Waals surface area contributed by atoms with Gasteiger partial charge in [-0.05, 0) is 25.8 Å². The van der Waals surface area contributed by atoms with Gasteiger partial charge in [0, 0.05) is 65.4 Å². The first-order valence-electron chi connectivity index (χ1n) is 8.40. The highest BCUT2D eigenvalue weighted by molar-refractivity contribution is 14.0. The summed E-state index contributed by atoms with van der Waals surface area (Å²) in [6.45, 7) is 8.27. The molecule has 2 rings (SSSR count). The molecule has 1 N–H and O–H groups in total. The maximum Gasteiger partial charge on any atom is 0.225 e.